The molecule has 0 fully saturated rings. The number of hydrogen-bond acceptors (Lipinski definition) is 3. The number of aryl methyl sites for hydroxylation is 3. The molecular formula is C18H19ClN2OS. The third-order valence-electron chi connectivity index (χ3n) is 3.90. The normalized spacial score (nSPS) is 12.5. The van der Waals surface area contributed by atoms with Gasteiger partial charge in [-0.05, 0) is 37.0 Å². The average Bonchev–Trinajstić information content (AvgIpc) is 3.10. The smallest absolute Gasteiger partial charge is 0.140 e. The molecule has 2 heterocycles. The van der Waals surface area contributed by atoms with E-state index in [-0.39, 0.29) is 0 Å². The Bertz CT molecular complexity index is 809. The average molecular weight is 347 g/mol. The molecule has 120 valence electrons. The van der Waals surface area contributed by atoms with E-state index in [0.29, 0.717) is 16.6 Å². The summed E-state index contributed by atoms with van der Waals surface area (Å²) < 4.78 is 2.14. The number of thiazole rings is 1. The highest BCUT2D eigenvalue weighted by Gasteiger charge is 2.14. The molecule has 0 aliphatic rings. The van der Waals surface area contributed by atoms with E-state index in [9.17, 15) is 5.11 Å². The molecule has 0 amide bonds. The van der Waals surface area contributed by atoms with Crippen LogP contribution in [0.3, 0.4) is 0 Å². The molecule has 2 aromatic heterocycles. The third kappa shape index (κ3) is 3.66. The van der Waals surface area contributed by atoms with Crippen molar-refractivity contribution in [3.8, 4) is 11.3 Å². The molecule has 3 aromatic rings. The van der Waals surface area contributed by atoms with E-state index in [4.69, 9.17) is 11.6 Å². The second-order valence-electron chi connectivity index (χ2n) is 5.73. The zero-order chi connectivity index (χ0) is 16.4. The van der Waals surface area contributed by atoms with Gasteiger partial charge < -0.3 is 9.67 Å². The van der Waals surface area contributed by atoms with Crippen molar-refractivity contribution in [2.24, 2.45) is 7.05 Å². The molecule has 1 unspecified atom stereocenters. The minimum Gasteiger partial charge on any atom is -0.386 e. The zero-order valence-electron chi connectivity index (χ0n) is 13.2. The molecule has 0 saturated carbocycles. The summed E-state index contributed by atoms with van der Waals surface area (Å²) in [4.78, 5) is 4.15. The fourth-order valence-electron chi connectivity index (χ4n) is 2.82. The Morgan fingerprint density at radius 3 is 2.78 bits per heavy atom. The lowest BCUT2D eigenvalue weighted by Gasteiger charge is -2.12. The van der Waals surface area contributed by atoms with Gasteiger partial charge in [-0.1, -0.05) is 35.9 Å². The predicted molar refractivity (Wildman–Crippen MR) is 96.0 cm³/mol. The maximum atomic E-state index is 10.3. The first-order valence-corrected chi connectivity index (χ1v) is 8.80. The predicted octanol–water partition coefficient (Wildman–Crippen LogP) is 4.78. The minimum absolute atomic E-state index is 0.448. The standard InChI is InChI=1S/C18H19ClN2OS/c1-12-9-15(21(2)10-12)14-6-4-3-5-13(14)7-8-16(22)18-20-17(19)11-23-18/h3-6,9-11,16,22H,7-8H2,1-2H3. The van der Waals surface area contributed by atoms with Crippen molar-refractivity contribution in [3.63, 3.8) is 0 Å². The lowest BCUT2D eigenvalue weighted by atomic mass is 9.99. The first-order valence-electron chi connectivity index (χ1n) is 7.55. The SMILES string of the molecule is Cc1cc(-c2ccccc2CCC(O)c2nc(Cl)cs2)n(C)c1. The van der Waals surface area contributed by atoms with Crippen LogP contribution in [-0.4, -0.2) is 14.7 Å². The van der Waals surface area contributed by atoms with E-state index in [0.717, 1.165) is 6.42 Å². The fourth-order valence-corrected chi connectivity index (χ4v) is 3.79. The first kappa shape index (κ1) is 16.2. The molecule has 23 heavy (non-hydrogen) atoms. The van der Waals surface area contributed by atoms with E-state index in [1.807, 2.05) is 6.07 Å². The molecule has 0 saturated heterocycles. The molecule has 3 nitrogen and oxygen atoms in total. The van der Waals surface area contributed by atoms with Crippen LogP contribution in [0.25, 0.3) is 11.3 Å². The quantitative estimate of drug-likeness (QED) is 0.722. The highest BCUT2D eigenvalue weighted by Crippen LogP contribution is 2.29. The molecule has 0 spiro atoms. The Labute approximate surface area is 145 Å². The Kier molecular flexibility index (Phi) is 4.85. The Morgan fingerprint density at radius 1 is 1.35 bits per heavy atom. The van der Waals surface area contributed by atoms with Gasteiger partial charge in [-0.25, -0.2) is 4.98 Å². The number of rotatable bonds is 5. The van der Waals surface area contributed by atoms with Crippen molar-refractivity contribution in [3.05, 3.63) is 63.2 Å². The largest absolute Gasteiger partial charge is 0.386 e. The van der Waals surface area contributed by atoms with E-state index in [1.165, 1.54) is 33.7 Å². The fraction of sp³-hybridized carbons (Fsp3) is 0.278. The van der Waals surface area contributed by atoms with E-state index in [2.05, 4.69) is 54.0 Å². The molecule has 0 bridgehead atoms. The first-order chi connectivity index (χ1) is 11.0. The molecule has 0 radical (unpaired) electrons. The highest BCUT2D eigenvalue weighted by atomic mass is 35.5. The van der Waals surface area contributed by atoms with Crippen molar-refractivity contribution >= 4 is 22.9 Å². The number of halogens is 1. The van der Waals surface area contributed by atoms with Crippen molar-refractivity contribution < 1.29 is 5.11 Å². The second-order valence-corrected chi connectivity index (χ2v) is 7.01. The van der Waals surface area contributed by atoms with Gasteiger partial charge in [0, 0.05) is 29.9 Å². The van der Waals surface area contributed by atoms with Gasteiger partial charge in [-0.2, -0.15) is 0 Å². The van der Waals surface area contributed by atoms with Crippen LogP contribution in [0.5, 0.6) is 0 Å². The summed E-state index contributed by atoms with van der Waals surface area (Å²) in [5.41, 5.74) is 4.89. The molecule has 5 heteroatoms. The number of aliphatic hydroxyl groups is 1. The van der Waals surface area contributed by atoms with E-state index >= 15 is 0 Å². The summed E-state index contributed by atoms with van der Waals surface area (Å²) in [5.74, 6) is 0. The lowest BCUT2D eigenvalue weighted by Crippen LogP contribution is -2.01. The van der Waals surface area contributed by atoms with Gasteiger partial charge in [-0.15, -0.1) is 11.3 Å². The summed E-state index contributed by atoms with van der Waals surface area (Å²) in [6.07, 6.45) is 2.97. The van der Waals surface area contributed by atoms with Gasteiger partial charge in [0.2, 0.25) is 0 Å². The van der Waals surface area contributed by atoms with Crippen molar-refractivity contribution in [2.45, 2.75) is 25.9 Å². The van der Waals surface area contributed by atoms with Gasteiger partial charge in [0.1, 0.15) is 16.3 Å². The molecule has 0 aliphatic carbocycles. The number of aromatic nitrogens is 2. The van der Waals surface area contributed by atoms with Crippen LogP contribution in [0.4, 0.5) is 0 Å². The monoisotopic (exact) mass is 346 g/mol. The molecule has 1 N–H and O–H groups in total. The molecule has 0 aliphatic heterocycles. The third-order valence-corrected chi connectivity index (χ3v) is 5.17. The second kappa shape index (κ2) is 6.87. The summed E-state index contributed by atoms with van der Waals surface area (Å²) in [6, 6.07) is 10.5. The van der Waals surface area contributed by atoms with Crippen LogP contribution >= 0.6 is 22.9 Å². The van der Waals surface area contributed by atoms with Crippen LogP contribution in [0.1, 0.15) is 28.7 Å². The van der Waals surface area contributed by atoms with Crippen LogP contribution in [0.15, 0.2) is 41.9 Å². The van der Waals surface area contributed by atoms with Gasteiger partial charge in [-0.3, -0.25) is 0 Å². The van der Waals surface area contributed by atoms with Crippen molar-refractivity contribution in [1.82, 2.24) is 9.55 Å². The molecule has 1 aromatic carbocycles. The molecular weight excluding hydrogens is 328 g/mol. The summed E-state index contributed by atoms with van der Waals surface area (Å²) in [5, 5.41) is 13.2. The number of aliphatic hydroxyl groups excluding tert-OH is 1. The van der Waals surface area contributed by atoms with Gasteiger partial charge in [0.25, 0.3) is 0 Å². The van der Waals surface area contributed by atoms with Crippen LogP contribution in [0, 0.1) is 6.92 Å². The highest BCUT2D eigenvalue weighted by molar-refractivity contribution is 7.10. The van der Waals surface area contributed by atoms with Crippen LogP contribution < -0.4 is 0 Å². The van der Waals surface area contributed by atoms with E-state index < -0.39 is 6.10 Å². The maximum Gasteiger partial charge on any atom is 0.140 e. The topological polar surface area (TPSA) is 38.1 Å². The van der Waals surface area contributed by atoms with Crippen molar-refractivity contribution in [1.29, 1.82) is 0 Å². The lowest BCUT2D eigenvalue weighted by molar-refractivity contribution is 0.167. The Morgan fingerprint density at radius 2 is 2.13 bits per heavy atom. The summed E-state index contributed by atoms with van der Waals surface area (Å²) in [7, 11) is 2.06. The number of nitrogens with zero attached hydrogens (tertiary/aromatic N) is 2. The Hall–Kier alpha value is -1.62. The zero-order valence-corrected chi connectivity index (χ0v) is 14.7. The molecule has 3 rings (SSSR count). The van der Waals surface area contributed by atoms with E-state index in [1.54, 1.807) is 5.38 Å². The maximum absolute atomic E-state index is 10.3. The van der Waals surface area contributed by atoms with Gasteiger partial charge in [0.05, 0.1) is 0 Å². The summed E-state index contributed by atoms with van der Waals surface area (Å²) in [6.45, 7) is 2.10. The number of benzene rings is 1. The van der Waals surface area contributed by atoms with Crippen LogP contribution in [-0.2, 0) is 13.5 Å². The molecule has 1 atom stereocenters. The van der Waals surface area contributed by atoms with Crippen LogP contribution in [0.2, 0.25) is 5.15 Å². The Balaban J connectivity index is 1.80. The van der Waals surface area contributed by atoms with Crippen molar-refractivity contribution in [2.75, 3.05) is 0 Å². The minimum atomic E-state index is -0.573. The van der Waals surface area contributed by atoms with Gasteiger partial charge >= 0.3 is 0 Å². The van der Waals surface area contributed by atoms with Gasteiger partial charge in [0.15, 0.2) is 0 Å². The summed E-state index contributed by atoms with van der Waals surface area (Å²) >= 11 is 7.23. The number of hydrogen-bond donors (Lipinski definition) is 1.